The summed E-state index contributed by atoms with van der Waals surface area (Å²) in [5.74, 6) is -8.29. The van der Waals surface area contributed by atoms with Crippen LogP contribution in [0.4, 0.5) is 26.3 Å². The Kier molecular flexibility index (Phi) is 20.4. The number of fused-ring (bicyclic) bond motifs is 3. The Labute approximate surface area is 440 Å². The predicted octanol–water partition coefficient (Wildman–Crippen LogP) is 9.13. The SMILES string of the molecule is CC[C@@H]1/C=C(\C)C[C@H](C)C[C@H](OC)[C@H]2O[C@@](O)(C(=O)C(=O)N3CCCC[C@H]3C(=O)O[C@H](/C(C)=C/[C@@H]3CC[C@@H](OCc4ncc(-c5cc(C(F)(F)F)cc(C(F)(F)F)c5)[nH]4)[C@H](OC)C3)[C@H](C)[C@@H](O)CC1=O)[C@H](C)C[C@@H]2OC. The van der Waals surface area contributed by atoms with Gasteiger partial charge in [-0.25, -0.2) is 9.78 Å². The average molecular weight is 1080 g/mol. The highest BCUT2D eigenvalue weighted by molar-refractivity contribution is 6.39. The maximum Gasteiger partial charge on any atom is 0.416 e. The molecular weight excluding hydrogens is 1010 g/mol. The van der Waals surface area contributed by atoms with E-state index in [1.54, 1.807) is 20.8 Å². The highest BCUT2D eigenvalue weighted by Crippen LogP contribution is 2.41. The molecule has 3 aliphatic heterocycles. The van der Waals surface area contributed by atoms with Crippen molar-refractivity contribution in [3.8, 4) is 11.3 Å². The largest absolute Gasteiger partial charge is 0.456 e. The number of Topliss-reactive ketones (excluding diaryl/α,β-unsaturated/α-hetero) is 2. The number of methoxy groups -OCH3 is 3. The lowest BCUT2D eigenvalue weighted by molar-refractivity contribution is -0.302. The van der Waals surface area contributed by atoms with Gasteiger partial charge in [0.05, 0.1) is 53.5 Å². The number of nitrogens with zero attached hydrogens (tertiary/aromatic N) is 2. The first-order chi connectivity index (χ1) is 35.7. The number of rotatable bonds is 10. The molecule has 4 heterocycles. The van der Waals surface area contributed by atoms with Crippen molar-refractivity contribution in [2.75, 3.05) is 27.9 Å². The quantitative estimate of drug-likeness (QED) is 0.0883. The number of cyclic esters (lactones) is 1. The van der Waals surface area contributed by atoms with Crippen LogP contribution in [0.3, 0.4) is 0 Å². The molecule has 2 saturated heterocycles. The van der Waals surface area contributed by atoms with Gasteiger partial charge in [0, 0.05) is 57.6 Å². The van der Waals surface area contributed by atoms with Gasteiger partial charge in [-0.3, -0.25) is 14.4 Å². The van der Waals surface area contributed by atoms with Crippen molar-refractivity contribution in [2.24, 2.45) is 29.6 Å². The molecule has 2 aromatic rings. The van der Waals surface area contributed by atoms with Gasteiger partial charge in [-0.05, 0) is 114 Å². The van der Waals surface area contributed by atoms with Crippen LogP contribution in [0.25, 0.3) is 11.3 Å². The molecule has 2 bridgehead atoms. The third kappa shape index (κ3) is 14.4. The molecule has 15 nitrogen and oxygen atoms in total. The van der Waals surface area contributed by atoms with Gasteiger partial charge in [0.25, 0.3) is 11.7 Å². The average Bonchev–Trinajstić information content (AvgIpc) is 3.86. The van der Waals surface area contributed by atoms with Crippen molar-refractivity contribution in [3.05, 3.63) is 64.6 Å². The number of carbonyl (C=O) groups is 4. The summed E-state index contributed by atoms with van der Waals surface area (Å²) in [7, 11) is 4.49. The number of H-pyrrole nitrogens is 1. The van der Waals surface area contributed by atoms with Crippen molar-refractivity contribution in [2.45, 2.75) is 186 Å². The van der Waals surface area contributed by atoms with E-state index in [-0.39, 0.29) is 73.2 Å². The van der Waals surface area contributed by atoms with E-state index in [0.717, 1.165) is 16.7 Å². The first-order valence-corrected chi connectivity index (χ1v) is 26.3. The number of piperidine rings is 1. The van der Waals surface area contributed by atoms with Crippen LogP contribution in [-0.2, 0) is 66.6 Å². The van der Waals surface area contributed by atoms with E-state index in [0.29, 0.717) is 69.1 Å². The van der Waals surface area contributed by atoms with Crippen LogP contribution in [0.15, 0.2) is 47.7 Å². The number of aliphatic hydroxyl groups is 2. The zero-order valence-corrected chi connectivity index (χ0v) is 44.8. The van der Waals surface area contributed by atoms with Gasteiger partial charge in [-0.2, -0.15) is 26.3 Å². The maximum absolute atomic E-state index is 14.6. The smallest absolute Gasteiger partial charge is 0.416 e. The third-order valence-corrected chi connectivity index (χ3v) is 15.8. The molecule has 1 saturated carbocycles. The van der Waals surface area contributed by atoms with E-state index in [1.165, 1.54) is 21.3 Å². The van der Waals surface area contributed by atoms with Crippen molar-refractivity contribution in [1.82, 2.24) is 14.9 Å². The summed E-state index contributed by atoms with van der Waals surface area (Å²) in [6.45, 7) is 10.7. The van der Waals surface area contributed by atoms with Crippen molar-refractivity contribution in [3.63, 3.8) is 0 Å². The number of imidazole rings is 1. The topological polar surface area (TPSA) is 196 Å². The summed E-state index contributed by atoms with van der Waals surface area (Å²) < 4.78 is 118. The summed E-state index contributed by atoms with van der Waals surface area (Å²) in [5, 5.41) is 24.0. The minimum absolute atomic E-state index is 0.0114. The van der Waals surface area contributed by atoms with Gasteiger partial charge in [0.15, 0.2) is 0 Å². The van der Waals surface area contributed by atoms with E-state index in [1.807, 2.05) is 32.9 Å². The fourth-order valence-electron chi connectivity index (χ4n) is 11.4. The molecule has 1 aliphatic carbocycles. The molecule has 3 fully saturated rings. The van der Waals surface area contributed by atoms with Crippen molar-refractivity contribution >= 4 is 23.4 Å². The molecule has 3 N–H and O–H groups in total. The molecule has 1 amide bonds. The van der Waals surface area contributed by atoms with E-state index < -0.39 is 113 Å². The molecule has 1 aromatic heterocycles. The molecule has 21 heteroatoms. The van der Waals surface area contributed by atoms with E-state index in [4.69, 9.17) is 28.4 Å². The molecule has 0 unspecified atom stereocenters. The summed E-state index contributed by atoms with van der Waals surface area (Å²) in [6.07, 6.45) is -6.89. The van der Waals surface area contributed by atoms with Crippen LogP contribution < -0.4 is 0 Å². The van der Waals surface area contributed by atoms with E-state index >= 15 is 0 Å². The predicted molar refractivity (Wildman–Crippen MR) is 265 cm³/mol. The number of aliphatic hydroxyl groups excluding tert-OH is 1. The van der Waals surface area contributed by atoms with Crippen LogP contribution in [0, 0.1) is 29.6 Å². The first kappa shape index (κ1) is 60.7. The molecule has 1 aromatic carbocycles. The zero-order valence-electron chi connectivity index (χ0n) is 44.8. The summed E-state index contributed by atoms with van der Waals surface area (Å²) in [4.78, 5) is 65.4. The Morgan fingerprint density at radius 3 is 2.14 bits per heavy atom. The van der Waals surface area contributed by atoms with Crippen LogP contribution in [0.1, 0.15) is 129 Å². The number of hydrogen-bond donors (Lipinski definition) is 3. The lowest BCUT2D eigenvalue weighted by atomic mass is 9.81. The standard InChI is InChI=1S/C55H75F6N3O12/c1-10-35-18-29(2)17-30(3)19-45(72-8)49-46(73-9)21-32(5)53(70,76-49)50(67)51(68)64-16-12-11-13-40(64)52(69)75-48(33(6)41(65)26-42(35)66)31(4)20-34-14-15-43(44(22-34)71-7)74-28-47-62-27-39(63-47)36-23-37(54(56,57)58)25-38(24-36)55(59,60)61/h18,20,23-25,27,30,32-35,40-41,43-46,48-49,65,70H,10-17,19,21-22,26,28H2,1-9H3,(H,62,63)/b29-18+,31-20+/t30-,32+,33+,34-,35+,40-,41-,43+,44+,45-,46-,48+,49+,53+/m0/s1. The monoisotopic (exact) mass is 1080 g/mol. The minimum Gasteiger partial charge on any atom is -0.456 e. The number of ether oxygens (including phenoxy) is 6. The number of aromatic nitrogens is 2. The van der Waals surface area contributed by atoms with Crippen LogP contribution in [0.2, 0.25) is 0 Å². The number of aromatic amines is 1. The number of benzene rings is 1. The van der Waals surface area contributed by atoms with E-state index in [2.05, 4.69) is 9.97 Å². The number of halogens is 6. The normalized spacial score (nSPS) is 34.2. The molecular formula is C55H75F6N3O12. The first-order valence-electron chi connectivity index (χ1n) is 26.3. The van der Waals surface area contributed by atoms with Crippen LogP contribution >= 0.6 is 0 Å². The third-order valence-electron chi connectivity index (χ3n) is 15.8. The second-order valence-corrected chi connectivity index (χ2v) is 21.5. The maximum atomic E-state index is 14.6. The van der Waals surface area contributed by atoms with Gasteiger partial charge >= 0.3 is 18.3 Å². The fourth-order valence-corrected chi connectivity index (χ4v) is 11.4. The highest BCUT2D eigenvalue weighted by atomic mass is 19.4. The van der Waals surface area contributed by atoms with E-state index in [9.17, 15) is 55.7 Å². The summed E-state index contributed by atoms with van der Waals surface area (Å²) in [5.41, 5.74) is -1.88. The molecule has 424 valence electrons. The molecule has 76 heavy (non-hydrogen) atoms. The Hall–Kier alpha value is -4.51. The highest BCUT2D eigenvalue weighted by Gasteiger charge is 2.57. The zero-order chi connectivity index (χ0) is 56.0. The molecule has 0 radical (unpaired) electrons. The molecule has 14 atom stereocenters. The summed E-state index contributed by atoms with van der Waals surface area (Å²) >= 11 is 0. The fraction of sp³-hybridized carbons (Fsp3) is 0.691. The Morgan fingerprint density at radius 2 is 1.53 bits per heavy atom. The number of amides is 1. The Morgan fingerprint density at radius 1 is 0.882 bits per heavy atom. The van der Waals surface area contributed by atoms with Crippen molar-refractivity contribution in [1.29, 1.82) is 0 Å². The van der Waals surface area contributed by atoms with Gasteiger partial charge in [0.2, 0.25) is 5.79 Å². The second-order valence-electron chi connectivity index (χ2n) is 21.5. The number of nitrogens with one attached hydrogen (secondary N) is 1. The summed E-state index contributed by atoms with van der Waals surface area (Å²) in [6, 6.07) is 0.0335. The van der Waals surface area contributed by atoms with Gasteiger partial charge in [-0.1, -0.05) is 45.4 Å². The minimum atomic E-state index is -5.03. The number of allylic oxidation sites excluding steroid dienone is 3. The number of carbonyl (C=O) groups excluding carboxylic acids is 4. The number of ketones is 2. The van der Waals surface area contributed by atoms with Crippen LogP contribution in [0.5, 0.6) is 0 Å². The molecule has 0 spiro atoms. The van der Waals surface area contributed by atoms with Crippen molar-refractivity contribution < 1.29 is 84.2 Å². The van der Waals surface area contributed by atoms with Gasteiger partial charge in [-0.15, -0.1) is 0 Å². The van der Waals surface area contributed by atoms with Crippen LogP contribution in [-0.4, -0.2) is 131 Å². The molecule has 4 aliphatic rings. The second kappa shape index (κ2) is 25.5. The van der Waals surface area contributed by atoms with Gasteiger partial charge in [0.1, 0.15) is 36.5 Å². The Bertz CT molecular complexity index is 2380. The lowest BCUT2D eigenvalue weighted by Crippen LogP contribution is -2.64. The Balaban J connectivity index is 1.25. The van der Waals surface area contributed by atoms with Gasteiger partial charge < -0.3 is 48.5 Å². The lowest BCUT2D eigenvalue weighted by Gasteiger charge is -2.47. The number of hydrogen-bond acceptors (Lipinski definition) is 13. The number of esters is 1. The molecule has 6 rings (SSSR count). The number of alkyl halides is 6.